The van der Waals surface area contributed by atoms with E-state index >= 15 is 0 Å². The molecule has 0 aliphatic carbocycles. The summed E-state index contributed by atoms with van der Waals surface area (Å²) in [7, 11) is 3.16. The molecule has 7 heteroatoms. The number of aryl methyl sites for hydroxylation is 1. The standard InChI is InChI=1S/C17H20ClN3O3/c1-11-8-14(16(24-3)10-13(11)18)21-12-4-5-19-15(9-12)17(22)20-6-7-23-2/h4-5,8-10H,6-7H2,1-3H3,(H,19,21)(H,20,22). The number of hydrogen-bond acceptors (Lipinski definition) is 5. The summed E-state index contributed by atoms with van der Waals surface area (Å²) < 4.78 is 10.2. The molecule has 24 heavy (non-hydrogen) atoms. The molecular weight excluding hydrogens is 330 g/mol. The third-order valence-electron chi connectivity index (χ3n) is 3.34. The molecule has 6 nitrogen and oxygen atoms in total. The van der Waals surface area contributed by atoms with Gasteiger partial charge in [0.15, 0.2) is 0 Å². The molecule has 1 amide bonds. The van der Waals surface area contributed by atoms with Crippen molar-refractivity contribution in [2.24, 2.45) is 0 Å². The van der Waals surface area contributed by atoms with Crippen molar-refractivity contribution < 1.29 is 14.3 Å². The number of anilines is 2. The molecule has 0 radical (unpaired) electrons. The first-order valence-electron chi connectivity index (χ1n) is 7.39. The number of carbonyl (C=O) groups is 1. The molecule has 0 bridgehead atoms. The van der Waals surface area contributed by atoms with Crippen LogP contribution in [0.4, 0.5) is 11.4 Å². The topological polar surface area (TPSA) is 72.5 Å². The van der Waals surface area contributed by atoms with Crippen molar-refractivity contribution in [3.8, 4) is 5.75 Å². The largest absolute Gasteiger partial charge is 0.495 e. The summed E-state index contributed by atoms with van der Waals surface area (Å²) in [6.45, 7) is 2.79. The van der Waals surface area contributed by atoms with Crippen molar-refractivity contribution in [2.75, 3.05) is 32.7 Å². The Kier molecular flexibility index (Phi) is 6.40. The van der Waals surface area contributed by atoms with Gasteiger partial charge in [-0.25, -0.2) is 0 Å². The molecule has 0 aliphatic heterocycles. The molecule has 0 saturated carbocycles. The van der Waals surface area contributed by atoms with Crippen LogP contribution in [0.25, 0.3) is 0 Å². The summed E-state index contributed by atoms with van der Waals surface area (Å²) in [4.78, 5) is 16.1. The molecule has 0 fully saturated rings. The summed E-state index contributed by atoms with van der Waals surface area (Å²) in [5, 5.41) is 6.59. The van der Waals surface area contributed by atoms with E-state index in [2.05, 4.69) is 15.6 Å². The summed E-state index contributed by atoms with van der Waals surface area (Å²) in [5.41, 5.74) is 2.73. The van der Waals surface area contributed by atoms with Crippen LogP contribution in [0.15, 0.2) is 30.5 Å². The molecule has 1 aromatic carbocycles. The van der Waals surface area contributed by atoms with Crippen molar-refractivity contribution in [3.63, 3.8) is 0 Å². The highest BCUT2D eigenvalue weighted by Crippen LogP contribution is 2.33. The van der Waals surface area contributed by atoms with Crippen LogP contribution in [0.1, 0.15) is 16.1 Å². The number of carbonyl (C=O) groups excluding carboxylic acids is 1. The summed E-state index contributed by atoms with van der Waals surface area (Å²) in [5.74, 6) is 0.364. The molecule has 0 atom stereocenters. The minimum atomic E-state index is -0.255. The van der Waals surface area contributed by atoms with Gasteiger partial charge in [0.05, 0.1) is 19.4 Å². The summed E-state index contributed by atoms with van der Waals surface area (Å²) in [6.07, 6.45) is 1.57. The molecule has 2 N–H and O–H groups in total. The minimum absolute atomic E-state index is 0.255. The molecule has 2 aromatic rings. The maximum atomic E-state index is 12.0. The first-order chi connectivity index (χ1) is 11.5. The highest BCUT2D eigenvalue weighted by Gasteiger charge is 2.10. The number of methoxy groups -OCH3 is 2. The lowest BCUT2D eigenvalue weighted by atomic mass is 10.2. The number of aromatic nitrogens is 1. The van der Waals surface area contributed by atoms with Crippen LogP contribution in [-0.4, -0.2) is 38.3 Å². The zero-order valence-electron chi connectivity index (χ0n) is 13.9. The fraction of sp³-hybridized carbons (Fsp3) is 0.294. The smallest absolute Gasteiger partial charge is 0.270 e. The van der Waals surface area contributed by atoms with Gasteiger partial charge in [-0.3, -0.25) is 9.78 Å². The Labute approximate surface area is 146 Å². The second-order valence-corrected chi connectivity index (χ2v) is 5.51. The number of nitrogens with zero attached hydrogens (tertiary/aromatic N) is 1. The zero-order valence-corrected chi connectivity index (χ0v) is 14.6. The number of amides is 1. The van der Waals surface area contributed by atoms with Gasteiger partial charge in [-0.1, -0.05) is 11.6 Å². The van der Waals surface area contributed by atoms with Crippen LogP contribution in [0.5, 0.6) is 5.75 Å². The van der Waals surface area contributed by atoms with E-state index in [1.807, 2.05) is 13.0 Å². The Bertz CT molecular complexity index is 722. The van der Waals surface area contributed by atoms with Crippen molar-refractivity contribution >= 4 is 28.9 Å². The van der Waals surface area contributed by atoms with Gasteiger partial charge in [-0.2, -0.15) is 0 Å². The van der Waals surface area contributed by atoms with Crippen molar-refractivity contribution in [1.82, 2.24) is 10.3 Å². The van der Waals surface area contributed by atoms with E-state index in [-0.39, 0.29) is 5.91 Å². The Balaban J connectivity index is 2.18. The number of pyridine rings is 1. The van der Waals surface area contributed by atoms with E-state index in [1.165, 1.54) is 0 Å². The third-order valence-corrected chi connectivity index (χ3v) is 3.75. The fourth-order valence-corrected chi connectivity index (χ4v) is 2.23. The number of rotatable bonds is 7. The number of benzene rings is 1. The van der Waals surface area contributed by atoms with Gasteiger partial charge in [0.1, 0.15) is 11.4 Å². The number of nitrogens with one attached hydrogen (secondary N) is 2. The predicted octanol–water partition coefficient (Wildman–Crippen LogP) is 3.17. The number of halogens is 1. The lowest BCUT2D eigenvalue weighted by Gasteiger charge is -2.13. The van der Waals surface area contributed by atoms with Crippen LogP contribution in [0.2, 0.25) is 5.02 Å². The Morgan fingerprint density at radius 2 is 2.08 bits per heavy atom. The predicted molar refractivity (Wildman–Crippen MR) is 94.5 cm³/mol. The second-order valence-electron chi connectivity index (χ2n) is 5.11. The van der Waals surface area contributed by atoms with Crippen LogP contribution < -0.4 is 15.4 Å². The quantitative estimate of drug-likeness (QED) is 0.751. The summed E-state index contributed by atoms with van der Waals surface area (Å²) in [6, 6.07) is 7.08. The van der Waals surface area contributed by atoms with Crippen molar-refractivity contribution in [2.45, 2.75) is 6.92 Å². The highest BCUT2D eigenvalue weighted by molar-refractivity contribution is 6.31. The fourth-order valence-electron chi connectivity index (χ4n) is 2.07. The normalized spacial score (nSPS) is 10.3. The zero-order chi connectivity index (χ0) is 17.5. The third kappa shape index (κ3) is 4.59. The van der Waals surface area contributed by atoms with Crippen LogP contribution in [0.3, 0.4) is 0 Å². The molecule has 0 spiro atoms. The van der Waals surface area contributed by atoms with Crippen molar-refractivity contribution in [1.29, 1.82) is 0 Å². The van der Waals surface area contributed by atoms with Gasteiger partial charge in [0.2, 0.25) is 0 Å². The molecule has 1 aromatic heterocycles. The maximum absolute atomic E-state index is 12.0. The molecule has 0 unspecified atom stereocenters. The highest BCUT2D eigenvalue weighted by atomic mass is 35.5. The molecule has 128 valence electrons. The van der Waals surface area contributed by atoms with Gasteiger partial charge in [0.25, 0.3) is 5.91 Å². The average molecular weight is 350 g/mol. The molecule has 2 rings (SSSR count). The van der Waals surface area contributed by atoms with Crippen LogP contribution in [-0.2, 0) is 4.74 Å². The van der Waals surface area contributed by atoms with Gasteiger partial charge in [-0.15, -0.1) is 0 Å². The molecule has 0 saturated heterocycles. The Hall–Kier alpha value is -2.31. The Morgan fingerprint density at radius 3 is 2.79 bits per heavy atom. The van der Waals surface area contributed by atoms with E-state index in [0.717, 1.165) is 16.9 Å². The Morgan fingerprint density at radius 1 is 1.29 bits per heavy atom. The van der Waals surface area contributed by atoms with E-state index in [4.69, 9.17) is 21.1 Å². The first kappa shape index (κ1) is 18.0. The maximum Gasteiger partial charge on any atom is 0.270 e. The van der Waals surface area contributed by atoms with Crippen molar-refractivity contribution in [3.05, 3.63) is 46.7 Å². The van der Waals surface area contributed by atoms with Crippen LogP contribution >= 0.6 is 11.6 Å². The van der Waals surface area contributed by atoms with E-state index in [0.29, 0.717) is 29.6 Å². The second kappa shape index (κ2) is 8.52. The first-order valence-corrected chi connectivity index (χ1v) is 7.77. The van der Waals surface area contributed by atoms with Crippen LogP contribution in [0, 0.1) is 6.92 Å². The van der Waals surface area contributed by atoms with E-state index in [9.17, 15) is 4.79 Å². The van der Waals surface area contributed by atoms with E-state index < -0.39 is 0 Å². The monoisotopic (exact) mass is 349 g/mol. The van der Waals surface area contributed by atoms with Gasteiger partial charge < -0.3 is 20.1 Å². The van der Waals surface area contributed by atoms with E-state index in [1.54, 1.807) is 38.6 Å². The molecular formula is C17H20ClN3O3. The number of hydrogen-bond donors (Lipinski definition) is 2. The molecule has 1 heterocycles. The lowest BCUT2D eigenvalue weighted by molar-refractivity contribution is 0.0932. The number of ether oxygens (including phenoxy) is 2. The average Bonchev–Trinajstić information content (AvgIpc) is 2.58. The SMILES string of the molecule is COCCNC(=O)c1cc(Nc2cc(C)c(Cl)cc2OC)ccn1. The minimum Gasteiger partial charge on any atom is -0.495 e. The summed E-state index contributed by atoms with van der Waals surface area (Å²) >= 11 is 6.11. The van der Waals surface area contributed by atoms with Gasteiger partial charge in [0, 0.05) is 36.6 Å². The molecule has 0 aliphatic rings. The van der Waals surface area contributed by atoms with Gasteiger partial charge in [-0.05, 0) is 30.7 Å². The van der Waals surface area contributed by atoms with Gasteiger partial charge >= 0.3 is 0 Å². The lowest BCUT2D eigenvalue weighted by Crippen LogP contribution is -2.27.